The van der Waals surface area contributed by atoms with Crippen LogP contribution in [0.1, 0.15) is 20.2 Å². The number of hydrogen-bond acceptors (Lipinski definition) is 6. The van der Waals surface area contributed by atoms with Crippen molar-refractivity contribution in [1.82, 2.24) is 20.6 Å². The summed E-state index contributed by atoms with van der Waals surface area (Å²) in [7, 11) is 0. The van der Waals surface area contributed by atoms with E-state index in [1.54, 1.807) is 36.4 Å². The van der Waals surface area contributed by atoms with Crippen LogP contribution in [-0.4, -0.2) is 28.2 Å². The minimum absolute atomic E-state index is 0.0437. The number of halogens is 1. The number of para-hydroxylation sites is 1. The third kappa shape index (κ3) is 5.73. The quantitative estimate of drug-likeness (QED) is 0.397. The SMILES string of the molecule is O=C(NNC(=O)c1ccc(-c2ccc(F)cc2)s1)c1ccc(=O)n(CCOc2ccccc2)n1. The Balaban J connectivity index is 1.33. The number of nitrogens with zero attached hydrogens (tertiary/aromatic N) is 2. The van der Waals surface area contributed by atoms with Crippen LogP contribution in [0.4, 0.5) is 4.39 Å². The number of carbonyl (C=O) groups excluding carboxylic acids is 2. The number of ether oxygens (including phenoxy) is 1. The van der Waals surface area contributed by atoms with Crippen LogP contribution in [-0.2, 0) is 6.54 Å². The van der Waals surface area contributed by atoms with Gasteiger partial charge >= 0.3 is 0 Å². The average Bonchev–Trinajstić information content (AvgIpc) is 3.35. The van der Waals surface area contributed by atoms with Gasteiger partial charge < -0.3 is 4.74 Å². The van der Waals surface area contributed by atoms with Crippen molar-refractivity contribution in [1.29, 1.82) is 0 Å². The summed E-state index contributed by atoms with van der Waals surface area (Å²) in [5, 5.41) is 4.04. The van der Waals surface area contributed by atoms with Gasteiger partial charge in [0.2, 0.25) is 0 Å². The van der Waals surface area contributed by atoms with E-state index in [1.165, 1.54) is 35.6 Å². The summed E-state index contributed by atoms with van der Waals surface area (Å²) in [6.07, 6.45) is 0. The lowest BCUT2D eigenvalue weighted by atomic mass is 10.2. The summed E-state index contributed by atoms with van der Waals surface area (Å²) < 4.78 is 19.8. The highest BCUT2D eigenvalue weighted by Crippen LogP contribution is 2.28. The number of nitrogens with one attached hydrogen (secondary N) is 2. The zero-order valence-electron chi connectivity index (χ0n) is 17.7. The predicted octanol–water partition coefficient (Wildman–Crippen LogP) is 3.26. The maximum Gasteiger partial charge on any atom is 0.290 e. The van der Waals surface area contributed by atoms with Crippen LogP contribution in [0.2, 0.25) is 0 Å². The molecule has 0 aliphatic carbocycles. The molecule has 4 aromatic rings. The summed E-state index contributed by atoms with van der Waals surface area (Å²) in [6, 6.07) is 20.9. The van der Waals surface area contributed by atoms with E-state index in [1.807, 2.05) is 18.2 Å². The fourth-order valence-corrected chi connectivity index (χ4v) is 3.87. The maximum absolute atomic E-state index is 13.1. The summed E-state index contributed by atoms with van der Waals surface area (Å²) in [4.78, 5) is 38.0. The molecule has 34 heavy (non-hydrogen) atoms. The van der Waals surface area contributed by atoms with Gasteiger partial charge in [-0.1, -0.05) is 30.3 Å². The molecule has 0 fully saturated rings. The monoisotopic (exact) mass is 478 g/mol. The van der Waals surface area contributed by atoms with Gasteiger partial charge in [-0.3, -0.25) is 25.2 Å². The first-order valence-electron chi connectivity index (χ1n) is 10.2. The summed E-state index contributed by atoms with van der Waals surface area (Å²) >= 11 is 1.20. The van der Waals surface area contributed by atoms with Crippen LogP contribution in [0.15, 0.2) is 83.7 Å². The van der Waals surface area contributed by atoms with Gasteiger partial charge in [0.15, 0.2) is 5.69 Å². The lowest BCUT2D eigenvalue weighted by molar-refractivity contribution is 0.0844. The Morgan fingerprint density at radius 2 is 1.65 bits per heavy atom. The van der Waals surface area contributed by atoms with Gasteiger partial charge in [-0.2, -0.15) is 5.10 Å². The number of hydrazine groups is 1. The zero-order valence-corrected chi connectivity index (χ0v) is 18.5. The standard InChI is InChI=1S/C24H19FN4O4S/c25-17-8-6-16(7-9-17)20-11-12-21(34-20)24(32)27-26-23(31)19-10-13-22(30)29(28-19)14-15-33-18-4-2-1-3-5-18/h1-13H,14-15H2,(H,26,31)(H,27,32). The molecule has 0 atom stereocenters. The molecule has 4 rings (SSSR count). The highest BCUT2D eigenvalue weighted by molar-refractivity contribution is 7.17. The number of carbonyl (C=O) groups is 2. The molecule has 2 N–H and O–H groups in total. The van der Waals surface area contributed by atoms with Crippen LogP contribution in [0.3, 0.4) is 0 Å². The summed E-state index contributed by atoms with van der Waals surface area (Å²) in [5.41, 5.74) is 4.97. The summed E-state index contributed by atoms with van der Waals surface area (Å²) in [6.45, 7) is 0.329. The molecule has 8 nitrogen and oxygen atoms in total. The molecule has 10 heteroatoms. The van der Waals surface area contributed by atoms with E-state index in [9.17, 15) is 18.8 Å². The third-order valence-electron chi connectivity index (χ3n) is 4.66. The largest absolute Gasteiger partial charge is 0.492 e. The van der Waals surface area contributed by atoms with E-state index < -0.39 is 11.8 Å². The number of thiophene rings is 1. The van der Waals surface area contributed by atoms with Crippen LogP contribution in [0.5, 0.6) is 5.75 Å². The Morgan fingerprint density at radius 3 is 2.41 bits per heavy atom. The van der Waals surface area contributed by atoms with Crippen molar-refractivity contribution in [2.75, 3.05) is 6.61 Å². The van der Waals surface area contributed by atoms with Crippen molar-refractivity contribution in [2.24, 2.45) is 0 Å². The molecule has 0 spiro atoms. The normalized spacial score (nSPS) is 10.5. The summed E-state index contributed by atoms with van der Waals surface area (Å²) in [5.74, 6) is -0.884. The molecule has 2 aromatic heterocycles. The molecule has 0 aliphatic heterocycles. The highest BCUT2D eigenvalue weighted by Gasteiger charge is 2.14. The average molecular weight is 479 g/mol. The van der Waals surface area contributed by atoms with E-state index in [-0.39, 0.29) is 30.2 Å². The van der Waals surface area contributed by atoms with Gasteiger partial charge in [-0.25, -0.2) is 9.07 Å². The Labute approximate surface area is 197 Å². The first-order valence-corrected chi connectivity index (χ1v) is 11.0. The minimum atomic E-state index is -0.679. The van der Waals surface area contributed by atoms with Gasteiger partial charge in [0.05, 0.1) is 11.4 Å². The number of rotatable bonds is 7. The van der Waals surface area contributed by atoms with Crippen molar-refractivity contribution < 1.29 is 18.7 Å². The van der Waals surface area contributed by atoms with Crippen molar-refractivity contribution in [2.45, 2.75) is 6.54 Å². The molecule has 2 amide bonds. The first-order chi connectivity index (χ1) is 16.5. The predicted molar refractivity (Wildman–Crippen MR) is 125 cm³/mol. The van der Waals surface area contributed by atoms with Crippen LogP contribution < -0.4 is 21.1 Å². The second-order valence-corrected chi connectivity index (χ2v) is 8.10. The van der Waals surface area contributed by atoms with E-state index in [0.29, 0.717) is 10.6 Å². The fourth-order valence-electron chi connectivity index (χ4n) is 2.97. The molecular formula is C24H19FN4O4S. The zero-order chi connectivity index (χ0) is 23.9. The van der Waals surface area contributed by atoms with Crippen LogP contribution in [0.25, 0.3) is 10.4 Å². The molecule has 0 radical (unpaired) electrons. The molecule has 172 valence electrons. The second-order valence-electron chi connectivity index (χ2n) is 7.02. The lowest BCUT2D eigenvalue weighted by Crippen LogP contribution is -2.42. The van der Waals surface area contributed by atoms with Crippen LogP contribution >= 0.6 is 11.3 Å². The van der Waals surface area contributed by atoms with E-state index >= 15 is 0 Å². The minimum Gasteiger partial charge on any atom is -0.492 e. The Kier molecular flexibility index (Phi) is 7.09. The van der Waals surface area contributed by atoms with Crippen LogP contribution in [0, 0.1) is 5.82 Å². The third-order valence-corrected chi connectivity index (χ3v) is 5.80. The molecule has 0 bridgehead atoms. The number of aromatic nitrogens is 2. The molecule has 2 aromatic carbocycles. The smallest absolute Gasteiger partial charge is 0.290 e. The van der Waals surface area contributed by atoms with Gasteiger partial charge in [0.25, 0.3) is 17.4 Å². The molecule has 0 unspecified atom stereocenters. The highest BCUT2D eigenvalue weighted by atomic mass is 32.1. The van der Waals surface area contributed by atoms with E-state index in [2.05, 4.69) is 16.0 Å². The molecular weight excluding hydrogens is 459 g/mol. The lowest BCUT2D eigenvalue weighted by Gasteiger charge is -2.09. The van der Waals surface area contributed by atoms with Gasteiger partial charge in [-0.15, -0.1) is 11.3 Å². The Bertz CT molecular complexity index is 1350. The molecule has 0 aliphatic rings. The van der Waals surface area contributed by atoms with Crippen molar-refractivity contribution in [3.8, 4) is 16.2 Å². The topological polar surface area (TPSA) is 102 Å². The maximum atomic E-state index is 13.1. The van der Waals surface area contributed by atoms with Gasteiger partial charge in [0.1, 0.15) is 18.2 Å². The van der Waals surface area contributed by atoms with Gasteiger partial charge in [-0.05, 0) is 48.0 Å². The molecule has 0 saturated heterocycles. The number of benzene rings is 2. The number of amides is 2. The van der Waals surface area contributed by atoms with E-state index in [0.717, 1.165) is 15.1 Å². The van der Waals surface area contributed by atoms with Crippen molar-refractivity contribution >= 4 is 23.2 Å². The molecule has 0 saturated carbocycles. The van der Waals surface area contributed by atoms with E-state index in [4.69, 9.17) is 4.74 Å². The Morgan fingerprint density at radius 1 is 0.912 bits per heavy atom. The first kappa shape index (κ1) is 22.9. The fraction of sp³-hybridized carbons (Fsp3) is 0.0833. The van der Waals surface area contributed by atoms with Crippen molar-refractivity contribution in [3.05, 3.63) is 106 Å². The van der Waals surface area contributed by atoms with Crippen molar-refractivity contribution in [3.63, 3.8) is 0 Å². The number of hydrogen-bond donors (Lipinski definition) is 2. The molecule has 2 heterocycles. The second kappa shape index (κ2) is 10.5. The van der Waals surface area contributed by atoms with Gasteiger partial charge in [0, 0.05) is 10.9 Å². The Hall–Kier alpha value is -4.31.